The van der Waals surface area contributed by atoms with Gasteiger partial charge in [-0.2, -0.15) is 0 Å². The maximum absolute atomic E-state index is 13.7. The molecule has 1 aromatic carbocycles. The molecule has 1 fully saturated rings. The van der Waals surface area contributed by atoms with Gasteiger partial charge in [0.15, 0.2) is 0 Å². The third kappa shape index (κ3) is 3.32. The van der Waals surface area contributed by atoms with Crippen LogP contribution in [-0.2, 0) is 10.0 Å². The highest BCUT2D eigenvalue weighted by Gasteiger charge is 2.36. The molecule has 19 heavy (non-hydrogen) atoms. The molecule has 0 spiro atoms. The molecule has 1 saturated carbocycles. The van der Waals surface area contributed by atoms with Gasteiger partial charge in [0.1, 0.15) is 12.4 Å². The summed E-state index contributed by atoms with van der Waals surface area (Å²) in [5.41, 5.74) is 0.0628. The summed E-state index contributed by atoms with van der Waals surface area (Å²) in [6.07, 6.45) is 0.807. The molecule has 2 atom stereocenters. The van der Waals surface area contributed by atoms with E-state index in [-0.39, 0.29) is 23.1 Å². The molecule has 2 rings (SSSR count). The first-order chi connectivity index (χ1) is 8.94. The van der Waals surface area contributed by atoms with E-state index in [2.05, 4.69) is 16.6 Å². The van der Waals surface area contributed by atoms with E-state index in [9.17, 15) is 12.8 Å². The quantitative estimate of drug-likeness (QED) is 0.808. The molecule has 6 heteroatoms. The Morgan fingerprint density at radius 1 is 1.53 bits per heavy atom. The number of aliphatic hydroxyl groups excluding tert-OH is 1. The van der Waals surface area contributed by atoms with Crippen molar-refractivity contribution in [1.82, 2.24) is 4.72 Å². The van der Waals surface area contributed by atoms with Crippen LogP contribution in [-0.4, -0.2) is 26.2 Å². The second-order valence-electron chi connectivity index (χ2n) is 4.54. The molecule has 4 nitrogen and oxygen atoms in total. The molecule has 0 radical (unpaired) electrons. The van der Waals surface area contributed by atoms with Gasteiger partial charge in [-0.05, 0) is 30.5 Å². The maximum atomic E-state index is 13.7. The van der Waals surface area contributed by atoms with E-state index in [1.165, 1.54) is 12.1 Å². The fourth-order valence-electron chi connectivity index (χ4n) is 1.65. The molecule has 1 aliphatic carbocycles. The largest absolute Gasteiger partial charge is 0.384 e. The fraction of sp³-hybridized carbons (Fsp3) is 0.385. The number of hydrogen-bond donors (Lipinski definition) is 2. The summed E-state index contributed by atoms with van der Waals surface area (Å²) in [6, 6.07) is 3.49. The van der Waals surface area contributed by atoms with Crippen molar-refractivity contribution in [2.75, 3.05) is 6.61 Å². The Morgan fingerprint density at radius 3 is 2.74 bits per heavy atom. The standard InChI is InChI=1S/C13H14FNO3S/c1-9-7-13(9)15-19(17,18)11-5-4-10(3-2-6-16)12(14)8-11/h4-5,8-9,13,15-16H,6-7H2,1H3. The number of nitrogens with one attached hydrogen (secondary N) is 1. The molecule has 2 N–H and O–H groups in total. The summed E-state index contributed by atoms with van der Waals surface area (Å²) in [5.74, 6) is 4.34. The van der Waals surface area contributed by atoms with Crippen molar-refractivity contribution in [2.24, 2.45) is 5.92 Å². The first-order valence-corrected chi connectivity index (χ1v) is 7.34. The zero-order valence-electron chi connectivity index (χ0n) is 10.4. The van der Waals surface area contributed by atoms with E-state index in [4.69, 9.17) is 5.11 Å². The summed E-state index contributed by atoms with van der Waals surface area (Å²) < 4.78 is 40.1. The SMILES string of the molecule is CC1CC1NS(=O)(=O)c1ccc(C#CCO)c(F)c1. The van der Waals surface area contributed by atoms with E-state index in [0.717, 1.165) is 12.5 Å². The van der Waals surface area contributed by atoms with Crippen molar-refractivity contribution in [1.29, 1.82) is 0 Å². The highest BCUT2D eigenvalue weighted by molar-refractivity contribution is 7.89. The third-order valence-electron chi connectivity index (χ3n) is 2.97. The Bertz CT molecular complexity index is 646. The molecule has 0 saturated heterocycles. The highest BCUT2D eigenvalue weighted by Crippen LogP contribution is 2.30. The molecular weight excluding hydrogens is 269 g/mol. The number of halogens is 1. The van der Waals surface area contributed by atoms with Crippen LogP contribution in [0, 0.1) is 23.6 Å². The van der Waals surface area contributed by atoms with Gasteiger partial charge >= 0.3 is 0 Å². The van der Waals surface area contributed by atoms with Crippen LogP contribution in [0.1, 0.15) is 18.9 Å². The van der Waals surface area contributed by atoms with E-state index in [1.54, 1.807) is 0 Å². The summed E-state index contributed by atoms with van der Waals surface area (Å²) in [5, 5.41) is 8.53. The van der Waals surface area contributed by atoms with E-state index in [1.807, 2.05) is 6.92 Å². The van der Waals surface area contributed by atoms with Crippen LogP contribution in [0.4, 0.5) is 4.39 Å². The minimum absolute atomic E-state index is 0.0538. The van der Waals surface area contributed by atoms with Gasteiger partial charge in [0, 0.05) is 6.04 Å². The molecule has 0 amide bonds. The molecule has 0 aliphatic heterocycles. The molecule has 1 aromatic rings. The first kappa shape index (κ1) is 14.0. The van der Waals surface area contributed by atoms with Crippen LogP contribution >= 0.6 is 0 Å². The van der Waals surface area contributed by atoms with Crippen molar-refractivity contribution in [2.45, 2.75) is 24.3 Å². The second-order valence-corrected chi connectivity index (χ2v) is 6.26. The molecule has 0 heterocycles. The lowest BCUT2D eigenvalue weighted by molar-refractivity contribution is 0.350. The maximum Gasteiger partial charge on any atom is 0.240 e. The zero-order valence-corrected chi connectivity index (χ0v) is 11.2. The van der Waals surface area contributed by atoms with Crippen LogP contribution in [0.25, 0.3) is 0 Å². The molecule has 102 valence electrons. The van der Waals surface area contributed by atoms with Crippen LogP contribution in [0.2, 0.25) is 0 Å². The van der Waals surface area contributed by atoms with Crippen LogP contribution in [0.5, 0.6) is 0 Å². The first-order valence-electron chi connectivity index (χ1n) is 5.85. The van der Waals surface area contributed by atoms with Gasteiger partial charge in [-0.3, -0.25) is 0 Å². The van der Waals surface area contributed by atoms with Crippen LogP contribution < -0.4 is 4.72 Å². The van der Waals surface area contributed by atoms with Gasteiger partial charge in [0.2, 0.25) is 10.0 Å². The monoisotopic (exact) mass is 283 g/mol. The van der Waals surface area contributed by atoms with Gasteiger partial charge in [-0.1, -0.05) is 18.8 Å². The van der Waals surface area contributed by atoms with Crippen molar-refractivity contribution in [3.63, 3.8) is 0 Å². The summed E-state index contributed by atoms with van der Waals surface area (Å²) >= 11 is 0. The molecule has 0 aromatic heterocycles. The smallest absolute Gasteiger partial charge is 0.240 e. The highest BCUT2D eigenvalue weighted by atomic mass is 32.2. The molecule has 0 bridgehead atoms. The number of aliphatic hydroxyl groups is 1. The molecular formula is C13H14FNO3S. The van der Waals surface area contributed by atoms with Crippen molar-refractivity contribution in [3.05, 3.63) is 29.6 Å². The summed E-state index contributed by atoms with van der Waals surface area (Å²) in [4.78, 5) is -0.112. The number of rotatable bonds is 3. The zero-order chi connectivity index (χ0) is 14.0. The summed E-state index contributed by atoms with van der Waals surface area (Å²) in [6.45, 7) is 1.57. The van der Waals surface area contributed by atoms with Gasteiger partial charge < -0.3 is 5.11 Å². The number of sulfonamides is 1. The van der Waals surface area contributed by atoms with Gasteiger partial charge in [-0.15, -0.1) is 0 Å². The third-order valence-corrected chi connectivity index (χ3v) is 4.46. The van der Waals surface area contributed by atoms with Crippen molar-refractivity contribution in [3.8, 4) is 11.8 Å². The van der Waals surface area contributed by atoms with Gasteiger partial charge in [0.25, 0.3) is 0 Å². The fourth-order valence-corrected chi connectivity index (χ4v) is 3.02. The Labute approximate surface area is 111 Å². The lowest BCUT2D eigenvalue weighted by Crippen LogP contribution is -2.26. The van der Waals surface area contributed by atoms with Crippen molar-refractivity contribution >= 4 is 10.0 Å². The number of benzene rings is 1. The molecule has 1 aliphatic rings. The minimum atomic E-state index is -3.68. The predicted molar refractivity (Wildman–Crippen MR) is 68.3 cm³/mol. The second kappa shape index (κ2) is 5.29. The topological polar surface area (TPSA) is 66.4 Å². The Kier molecular flexibility index (Phi) is 3.90. The van der Waals surface area contributed by atoms with Crippen LogP contribution in [0.15, 0.2) is 23.1 Å². The van der Waals surface area contributed by atoms with Gasteiger partial charge in [0.05, 0.1) is 10.5 Å². The average Bonchev–Trinajstić information content (AvgIpc) is 3.02. The average molecular weight is 283 g/mol. The Morgan fingerprint density at radius 2 is 2.21 bits per heavy atom. The molecule has 2 unspecified atom stereocenters. The Hall–Kier alpha value is -1.42. The van der Waals surface area contributed by atoms with E-state index in [0.29, 0.717) is 5.92 Å². The lowest BCUT2D eigenvalue weighted by Gasteiger charge is -2.06. The van der Waals surface area contributed by atoms with Crippen molar-refractivity contribution < 1.29 is 17.9 Å². The Balaban J connectivity index is 2.23. The van der Waals surface area contributed by atoms with Gasteiger partial charge in [-0.25, -0.2) is 17.5 Å². The van der Waals surface area contributed by atoms with Crippen LogP contribution in [0.3, 0.4) is 0 Å². The predicted octanol–water partition coefficient (Wildman–Crippen LogP) is 0.856. The van der Waals surface area contributed by atoms with E-state index >= 15 is 0 Å². The normalized spacial score (nSPS) is 21.6. The van der Waals surface area contributed by atoms with E-state index < -0.39 is 15.8 Å². The lowest BCUT2D eigenvalue weighted by atomic mass is 10.2. The summed E-state index contributed by atoms with van der Waals surface area (Å²) in [7, 11) is -3.68. The minimum Gasteiger partial charge on any atom is -0.384 e. The number of hydrogen-bond acceptors (Lipinski definition) is 3.